The highest BCUT2D eigenvalue weighted by Gasteiger charge is 2.16. The minimum absolute atomic E-state index is 0.0167. The van der Waals surface area contributed by atoms with Crippen LogP contribution in [-0.4, -0.2) is 42.4 Å². The number of fused-ring (bicyclic) bond motifs is 2. The maximum Gasteiger partial charge on any atom is 0.332 e. The second-order valence-corrected chi connectivity index (χ2v) is 9.99. The third-order valence-electron chi connectivity index (χ3n) is 5.29. The highest BCUT2D eigenvalue weighted by atomic mass is 32.2. The Balaban J connectivity index is 1.55. The van der Waals surface area contributed by atoms with Gasteiger partial charge in [-0.05, 0) is 31.5 Å². The summed E-state index contributed by atoms with van der Waals surface area (Å²) in [7, 11) is -0.489. The Morgan fingerprint density at radius 3 is 2.59 bits per heavy atom. The first-order valence-corrected chi connectivity index (χ1v) is 12.4. The molecule has 0 saturated carbocycles. The van der Waals surface area contributed by atoms with Crippen molar-refractivity contribution in [2.75, 3.05) is 5.75 Å². The highest BCUT2D eigenvalue weighted by molar-refractivity contribution is 7.99. The van der Waals surface area contributed by atoms with Crippen molar-refractivity contribution in [3.05, 3.63) is 45.4 Å². The first-order valence-electron chi connectivity index (χ1n) is 9.90. The molecule has 4 aromatic rings. The van der Waals surface area contributed by atoms with E-state index in [1.54, 1.807) is 24.7 Å². The van der Waals surface area contributed by atoms with Crippen molar-refractivity contribution in [1.29, 1.82) is 0 Å². The fraction of sp³-hybridized carbons (Fsp3) is 0.368. The Kier molecular flexibility index (Phi) is 5.73. The molecule has 0 spiro atoms. The molecular weight excluding hydrogens is 454 g/mol. The standard InChI is InChI=1S/C19H23N7O4S2/c1-4-25-14-7-6-12(32(20,29)30)10-13(14)22-18(25)31-9-5-8-26-17(27)15-16(21-11-23(15)2)24(3)19(26)28/h6-7,10-11H,4-5,8-9H2,1-3H3,(H2,20,29,30). The normalized spacial score (nSPS) is 12.2. The second kappa shape index (κ2) is 8.22. The fourth-order valence-corrected chi connectivity index (χ4v) is 5.20. The summed E-state index contributed by atoms with van der Waals surface area (Å²) in [5.74, 6) is 0.615. The van der Waals surface area contributed by atoms with Gasteiger partial charge in [0.15, 0.2) is 16.3 Å². The molecule has 170 valence electrons. The number of aromatic nitrogens is 6. The smallest absolute Gasteiger partial charge is 0.328 e. The largest absolute Gasteiger partial charge is 0.332 e. The minimum atomic E-state index is -3.81. The Bertz CT molecular complexity index is 1560. The highest BCUT2D eigenvalue weighted by Crippen LogP contribution is 2.26. The third kappa shape index (κ3) is 3.76. The van der Waals surface area contributed by atoms with Crippen LogP contribution in [-0.2, 0) is 37.2 Å². The van der Waals surface area contributed by atoms with Crippen molar-refractivity contribution in [3.8, 4) is 0 Å². The van der Waals surface area contributed by atoms with Crippen LogP contribution in [0, 0.1) is 0 Å². The zero-order valence-electron chi connectivity index (χ0n) is 17.8. The average molecular weight is 478 g/mol. The molecule has 0 unspecified atom stereocenters. The molecule has 0 fully saturated rings. The summed E-state index contributed by atoms with van der Waals surface area (Å²) in [4.78, 5) is 34.1. The van der Waals surface area contributed by atoms with Gasteiger partial charge < -0.3 is 9.13 Å². The Morgan fingerprint density at radius 1 is 1.16 bits per heavy atom. The lowest BCUT2D eigenvalue weighted by atomic mass is 10.3. The monoisotopic (exact) mass is 477 g/mol. The van der Waals surface area contributed by atoms with E-state index in [1.807, 2.05) is 11.5 Å². The number of imidazole rings is 2. The molecule has 0 aliphatic heterocycles. The lowest BCUT2D eigenvalue weighted by Crippen LogP contribution is -2.39. The van der Waals surface area contributed by atoms with Gasteiger partial charge in [-0.15, -0.1) is 0 Å². The molecule has 3 aromatic heterocycles. The number of thioether (sulfide) groups is 1. The summed E-state index contributed by atoms with van der Waals surface area (Å²) in [6.45, 7) is 2.90. The average Bonchev–Trinajstić information content (AvgIpc) is 3.30. The van der Waals surface area contributed by atoms with E-state index in [0.29, 0.717) is 35.4 Å². The molecule has 0 radical (unpaired) electrons. The molecule has 0 saturated heterocycles. The maximum absolute atomic E-state index is 12.8. The van der Waals surface area contributed by atoms with Crippen LogP contribution in [0.4, 0.5) is 0 Å². The molecule has 3 heterocycles. The Labute approximate surface area is 187 Å². The number of benzene rings is 1. The second-order valence-electron chi connectivity index (χ2n) is 7.36. The van der Waals surface area contributed by atoms with E-state index in [9.17, 15) is 18.0 Å². The van der Waals surface area contributed by atoms with Crippen molar-refractivity contribution in [1.82, 2.24) is 28.2 Å². The van der Waals surface area contributed by atoms with Crippen LogP contribution < -0.4 is 16.4 Å². The van der Waals surface area contributed by atoms with E-state index in [-0.39, 0.29) is 17.0 Å². The molecule has 1 aromatic carbocycles. The third-order valence-corrected chi connectivity index (χ3v) is 7.26. The van der Waals surface area contributed by atoms with Gasteiger partial charge >= 0.3 is 5.69 Å². The topological polar surface area (TPSA) is 140 Å². The minimum Gasteiger partial charge on any atom is -0.328 e. The van der Waals surface area contributed by atoms with E-state index in [1.165, 1.54) is 39.4 Å². The van der Waals surface area contributed by atoms with Crippen LogP contribution in [0.2, 0.25) is 0 Å². The number of nitrogens with two attached hydrogens (primary N) is 1. The summed E-state index contributed by atoms with van der Waals surface area (Å²) in [5, 5.41) is 5.96. The van der Waals surface area contributed by atoms with E-state index in [0.717, 1.165) is 10.7 Å². The Hall–Kier alpha value is -2.90. The number of hydrogen-bond donors (Lipinski definition) is 1. The van der Waals surface area contributed by atoms with Gasteiger partial charge in [0.1, 0.15) is 0 Å². The van der Waals surface area contributed by atoms with Crippen LogP contribution in [0.25, 0.3) is 22.2 Å². The quantitative estimate of drug-likeness (QED) is 0.304. The van der Waals surface area contributed by atoms with Crippen LogP contribution in [0.1, 0.15) is 13.3 Å². The predicted molar refractivity (Wildman–Crippen MR) is 122 cm³/mol. The van der Waals surface area contributed by atoms with Crippen molar-refractivity contribution >= 4 is 44.0 Å². The first kappa shape index (κ1) is 22.3. The summed E-state index contributed by atoms with van der Waals surface area (Å²) in [5.41, 5.74) is 1.36. The molecule has 4 rings (SSSR count). The Morgan fingerprint density at radius 2 is 1.91 bits per heavy atom. The fourth-order valence-electron chi connectivity index (χ4n) is 3.66. The van der Waals surface area contributed by atoms with E-state index in [4.69, 9.17) is 5.14 Å². The molecule has 2 N–H and O–H groups in total. The van der Waals surface area contributed by atoms with Crippen molar-refractivity contribution in [2.24, 2.45) is 19.2 Å². The van der Waals surface area contributed by atoms with Crippen molar-refractivity contribution in [2.45, 2.75) is 36.5 Å². The molecule has 0 bridgehead atoms. The number of rotatable bonds is 7. The van der Waals surface area contributed by atoms with Crippen LogP contribution >= 0.6 is 11.8 Å². The molecule has 0 aliphatic carbocycles. The molecule has 13 heteroatoms. The molecular formula is C19H23N7O4S2. The SMILES string of the molecule is CCn1c(SCCCn2c(=O)c3c(ncn3C)n(C)c2=O)nc2cc(S(N)(=O)=O)ccc21. The number of nitrogens with zero attached hydrogens (tertiary/aromatic N) is 6. The van der Waals surface area contributed by atoms with E-state index >= 15 is 0 Å². The zero-order chi connectivity index (χ0) is 23.2. The number of hydrogen-bond acceptors (Lipinski definition) is 7. The van der Waals surface area contributed by atoms with Crippen molar-refractivity contribution < 1.29 is 8.42 Å². The number of primary sulfonamides is 1. The van der Waals surface area contributed by atoms with Crippen LogP contribution in [0.5, 0.6) is 0 Å². The zero-order valence-corrected chi connectivity index (χ0v) is 19.5. The maximum atomic E-state index is 12.8. The van der Waals surface area contributed by atoms with Gasteiger partial charge in [0, 0.05) is 32.9 Å². The van der Waals surface area contributed by atoms with Gasteiger partial charge in [-0.3, -0.25) is 13.9 Å². The van der Waals surface area contributed by atoms with Crippen LogP contribution in [0.15, 0.2) is 44.2 Å². The molecule has 0 aliphatic rings. The summed E-state index contributed by atoms with van der Waals surface area (Å²) >= 11 is 1.48. The van der Waals surface area contributed by atoms with E-state index in [2.05, 4.69) is 9.97 Å². The van der Waals surface area contributed by atoms with Gasteiger partial charge in [-0.1, -0.05) is 11.8 Å². The predicted octanol–water partition coefficient (Wildman–Crippen LogP) is 0.633. The summed E-state index contributed by atoms with van der Waals surface area (Å²) in [6.07, 6.45) is 2.08. The van der Waals surface area contributed by atoms with Gasteiger partial charge in [0.05, 0.1) is 22.3 Å². The van der Waals surface area contributed by atoms with Crippen molar-refractivity contribution in [3.63, 3.8) is 0 Å². The lowest BCUT2D eigenvalue weighted by Gasteiger charge is -2.09. The van der Waals surface area contributed by atoms with Gasteiger partial charge in [0.25, 0.3) is 5.56 Å². The summed E-state index contributed by atoms with van der Waals surface area (Å²) < 4.78 is 29.5. The molecule has 0 atom stereocenters. The lowest BCUT2D eigenvalue weighted by molar-refractivity contribution is 0.593. The first-order chi connectivity index (χ1) is 15.1. The van der Waals surface area contributed by atoms with Crippen LogP contribution in [0.3, 0.4) is 0 Å². The van der Waals surface area contributed by atoms with Gasteiger partial charge in [0.2, 0.25) is 10.0 Å². The molecule has 32 heavy (non-hydrogen) atoms. The van der Waals surface area contributed by atoms with E-state index < -0.39 is 15.7 Å². The summed E-state index contributed by atoms with van der Waals surface area (Å²) in [6, 6.07) is 4.63. The van der Waals surface area contributed by atoms with Gasteiger partial charge in [-0.2, -0.15) is 0 Å². The molecule has 11 nitrogen and oxygen atoms in total. The molecule has 0 amide bonds. The number of sulfonamides is 1. The number of aryl methyl sites for hydroxylation is 3. The van der Waals surface area contributed by atoms with Gasteiger partial charge in [-0.25, -0.2) is 28.3 Å².